The van der Waals surface area contributed by atoms with Crippen molar-refractivity contribution in [2.24, 2.45) is 5.92 Å². The molecule has 0 aromatic heterocycles. The second-order valence-corrected chi connectivity index (χ2v) is 5.83. The Labute approximate surface area is 132 Å². The Hall–Kier alpha value is -1.10. The van der Waals surface area contributed by atoms with Gasteiger partial charge in [-0.25, -0.2) is 4.79 Å². The largest absolute Gasteiger partial charge is 0.465 e. The Morgan fingerprint density at radius 3 is 3.10 bits per heavy atom. The van der Waals surface area contributed by atoms with E-state index in [-0.39, 0.29) is 18.4 Å². The highest BCUT2D eigenvalue weighted by Crippen LogP contribution is 2.25. The van der Waals surface area contributed by atoms with Gasteiger partial charge in [-0.05, 0) is 49.5 Å². The number of carbonyl (C=O) groups excluding carboxylic acids is 1. The van der Waals surface area contributed by atoms with Gasteiger partial charge in [0.25, 0.3) is 0 Å². The van der Waals surface area contributed by atoms with E-state index in [1.807, 2.05) is 18.2 Å². The highest BCUT2D eigenvalue weighted by Gasteiger charge is 2.32. The van der Waals surface area contributed by atoms with E-state index in [4.69, 9.17) is 4.74 Å². The van der Waals surface area contributed by atoms with E-state index in [1.54, 1.807) is 0 Å². The number of methoxy groups -OCH3 is 1. The van der Waals surface area contributed by atoms with Crippen molar-refractivity contribution in [2.75, 3.05) is 26.7 Å². The summed E-state index contributed by atoms with van der Waals surface area (Å²) in [5, 5.41) is 3.59. The van der Waals surface area contributed by atoms with Crippen LogP contribution in [0.1, 0.15) is 28.8 Å². The lowest BCUT2D eigenvalue weighted by molar-refractivity contribution is 0.0600. The van der Waals surface area contributed by atoms with Crippen LogP contribution in [0.2, 0.25) is 0 Å². The zero-order valence-electron chi connectivity index (χ0n) is 12.4. The minimum absolute atomic E-state index is 0. The summed E-state index contributed by atoms with van der Waals surface area (Å²) in [5.41, 5.74) is 1.83. The quantitative estimate of drug-likeness (QED) is 0.868. The number of hydrogen-bond acceptors (Lipinski definition) is 4. The van der Waals surface area contributed by atoms with Crippen LogP contribution >= 0.6 is 12.4 Å². The van der Waals surface area contributed by atoms with Crippen molar-refractivity contribution in [3.05, 3.63) is 35.4 Å². The van der Waals surface area contributed by atoms with Crippen molar-refractivity contribution in [1.82, 2.24) is 10.2 Å². The van der Waals surface area contributed by atoms with Crippen LogP contribution in [0.5, 0.6) is 0 Å². The zero-order chi connectivity index (χ0) is 13.9. The van der Waals surface area contributed by atoms with Gasteiger partial charge in [0.1, 0.15) is 0 Å². The van der Waals surface area contributed by atoms with Gasteiger partial charge in [0.05, 0.1) is 12.7 Å². The average Bonchev–Trinajstić information content (AvgIpc) is 2.94. The number of esters is 1. The number of carbonyl (C=O) groups is 1. The number of fused-ring (bicyclic) bond motifs is 1. The van der Waals surface area contributed by atoms with Crippen molar-refractivity contribution in [3.63, 3.8) is 0 Å². The van der Waals surface area contributed by atoms with Gasteiger partial charge in [-0.15, -0.1) is 12.4 Å². The van der Waals surface area contributed by atoms with Crippen molar-refractivity contribution < 1.29 is 9.53 Å². The summed E-state index contributed by atoms with van der Waals surface area (Å²) in [6.07, 6.45) is 2.53. The van der Waals surface area contributed by atoms with E-state index in [1.165, 1.54) is 38.6 Å². The maximum Gasteiger partial charge on any atom is 0.337 e. The fourth-order valence-corrected chi connectivity index (χ4v) is 3.44. The molecule has 0 bridgehead atoms. The van der Waals surface area contributed by atoms with E-state index in [0.717, 1.165) is 25.0 Å². The first-order chi connectivity index (χ1) is 9.76. The molecular formula is C16H23ClN2O2. The summed E-state index contributed by atoms with van der Waals surface area (Å²) in [5.74, 6) is 0.540. The normalized spacial score (nSPS) is 25.0. The highest BCUT2D eigenvalue weighted by molar-refractivity contribution is 5.89. The minimum atomic E-state index is -0.259. The zero-order valence-corrected chi connectivity index (χ0v) is 13.2. The fraction of sp³-hybridized carbons (Fsp3) is 0.562. The average molecular weight is 311 g/mol. The molecular weight excluding hydrogens is 288 g/mol. The van der Waals surface area contributed by atoms with Crippen molar-refractivity contribution >= 4 is 18.4 Å². The number of hydrogen-bond donors (Lipinski definition) is 1. The lowest BCUT2D eigenvalue weighted by Gasteiger charge is -2.34. The number of likely N-dealkylation sites (tertiary alicyclic amines) is 1. The Morgan fingerprint density at radius 1 is 1.43 bits per heavy atom. The Kier molecular flexibility index (Phi) is 5.62. The molecule has 0 amide bonds. The van der Waals surface area contributed by atoms with E-state index < -0.39 is 0 Å². The second kappa shape index (κ2) is 7.25. The van der Waals surface area contributed by atoms with E-state index in [0.29, 0.717) is 5.56 Å². The molecule has 1 aromatic carbocycles. The molecule has 1 N–H and O–H groups in total. The number of nitrogens with zero attached hydrogens (tertiary/aromatic N) is 1. The molecule has 2 atom stereocenters. The van der Waals surface area contributed by atoms with Crippen LogP contribution in [-0.2, 0) is 11.3 Å². The van der Waals surface area contributed by atoms with Gasteiger partial charge >= 0.3 is 5.97 Å². The standard InChI is InChI=1S/C16H22N2O2.ClH/c1-20-16(19)13-4-2-3-12(9-13)10-18-8-6-15-14(11-18)5-7-17-15;/h2-4,9,14-15,17H,5-8,10-11H2,1H3;1H. The van der Waals surface area contributed by atoms with Gasteiger partial charge < -0.3 is 10.1 Å². The van der Waals surface area contributed by atoms with Crippen LogP contribution in [0.15, 0.2) is 24.3 Å². The third kappa shape index (κ3) is 3.76. The SMILES string of the molecule is COC(=O)c1cccc(CN2CCC3NCCC3C2)c1.Cl. The maximum atomic E-state index is 11.6. The lowest BCUT2D eigenvalue weighted by Crippen LogP contribution is -2.43. The van der Waals surface area contributed by atoms with Gasteiger partial charge in [0, 0.05) is 19.1 Å². The predicted octanol–water partition coefficient (Wildman–Crippen LogP) is 2.08. The highest BCUT2D eigenvalue weighted by atomic mass is 35.5. The van der Waals surface area contributed by atoms with Crippen LogP contribution in [0.25, 0.3) is 0 Å². The molecule has 0 aliphatic carbocycles. The number of nitrogens with one attached hydrogen (secondary N) is 1. The summed E-state index contributed by atoms with van der Waals surface area (Å²) < 4.78 is 4.78. The fourth-order valence-electron chi connectivity index (χ4n) is 3.44. The molecule has 1 aromatic rings. The van der Waals surface area contributed by atoms with E-state index >= 15 is 0 Å². The molecule has 2 aliphatic rings. The van der Waals surface area contributed by atoms with Crippen molar-refractivity contribution in [1.29, 1.82) is 0 Å². The summed E-state index contributed by atoms with van der Waals surface area (Å²) in [6, 6.07) is 8.51. The molecule has 21 heavy (non-hydrogen) atoms. The molecule has 0 radical (unpaired) electrons. The Balaban J connectivity index is 0.00000161. The van der Waals surface area contributed by atoms with Crippen molar-refractivity contribution in [3.8, 4) is 0 Å². The van der Waals surface area contributed by atoms with Crippen LogP contribution in [0.3, 0.4) is 0 Å². The Bertz CT molecular complexity index is 495. The first-order valence-electron chi connectivity index (χ1n) is 7.39. The van der Waals surface area contributed by atoms with Gasteiger partial charge in [-0.1, -0.05) is 12.1 Å². The van der Waals surface area contributed by atoms with E-state index in [2.05, 4.69) is 16.3 Å². The summed E-state index contributed by atoms with van der Waals surface area (Å²) in [6.45, 7) is 4.39. The topological polar surface area (TPSA) is 41.6 Å². The number of benzene rings is 1. The van der Waals surface area contributed by atoms with Gasteiger partial charge in [0.15, 0.2) is 0 Å². The first-order valence-corrected chi connectivity index (χ1v) is 7.39. The smallest absolute Gasteiger partial charge is 0.337 e. The van der Waals surface area contributed by atoms with Crippen molar-refractivity contribution in [2.45, 2.75) is 25.4 Å². The predicted molar refractivity (Wildman–Crippen MR) is 84.8 cm³/mol. The van der Waals surface area contributed by atoms with Crippen LogP contribution in [0, 0.1) is 5.92 Å². The molecule has 0 saturated carbocycles. The van der Waals surface area contributed by atoms with E-state index in [9.17, 15) is 4.79 Å². The number of ether oxygens (including phenoxy) is 1. The van der Waals surface area contributed by atoms with Gasteiger partial charge in [-0.2, -0.15) is 0 Å². The molecule has 2 fully saturated rings. The molecule has 2 heterocycles. The third-order valence-corrected chi connectivity index (χ3v) is 4.49. The molecule has 2 aliphatic heterocycles. The van der Waals surface area contributed by atoms with Crippen LogP contribution in [0.4, 0.5) is 0 Å². The van der Waals surface area contributed by atoms with Gasteiger partial charge in [0.2, 0.25) is 0 Å². The maximum absolute atomic E-state index is 11.6. The molecule has 4 nitrogen and oxygen atoms in total. The van der Waals surface area contributed by atoms with Crippen LogP contribution < -0.4 is 5.32 Å². The molecule has 2 unspecified atom stereocenters. The minimum Gasteiger partial charge on any atom is -0.465 e. The van der Waals surface area contributed by atoms with Gasteiger partial charge in [-0.3, -0.25) is 4.90 Å². The monoisotopic (exact) mass is 310 g/mol. The van der Waals surface area contributed by atoms with Crippen LogP contribution in [-0.4, -0.2) is 43.7 Å². The number of rotatable bonds is 3. The molecule has 2 saturated heterocycles. The molecule has 5 heteroatoms. The summed E-state index contributed by atoms with van der Waals surface area (Å²) in [7, 11) is 1.42. The first kappa shape index (κ1) is 16.3. The molecule has 116 valence electrons. The third-order valence-electron chi connectivity index (χ3n) is 4.49. The molecule has 0 spiro atoms. The Morgan fingerprint density at radius 2 is 2.29 bits per heavy atom. The molecule has 3 rings (SSSR count). The summed E-state index contributed by atoms with van der Waals surface area (Å²) in [4.78, 5) is 14.1. The second-order valence-electron chi connectivity index (χ2n) is 5.83. The number of piperidine rings is 1. The number of halogens is 1. The summed E-state index contributed by atoms with van der Waals surface area (Å²) >= 11 is 0. The lowest BCUT2D eigenvalue weighted by atomic mass is 9.93.